The van der Waals surface area contributed by atoms with Crippen molar-refractivity contribution in [2.24, 2.45) is 5.41 Å². The van der Waals surface area contributed by atoms with E-state index in [1.807, 2.05) is 18.9 Å². The summed E-state index contributed by atoms with van der Waals surface area (Å²) < 4.78 is 11.3. The van der Waals surface area contributed by atoms with Gasteiger partial charge in [-0.25, -0.2) is 4.79 Å². The molecule has 1 amide bonds. The van der Waals surface area contributed by atoms with Crippen LogP contribution in [0.15, 0.2) is 30.3 Å². The largest absolute Gasteiger partial charge is 0.454 e. The van der Waals surface area contributed by atoms with E-state index < -0.39 is 35.2 Å². The maximum Gasteiger partial charge on any atom is 0.338 e. The first-order chi connectivity index (χ1) is 13.6. The second-order valence-electron chi connectivity index (χ2n) is 8.45. The van der Waals surface area contributed by atoms with E-state index in [1.165, 1.54) is 11.8 Å². The molecule has 1 aromatic rings. The standard InChI is InChI=1S/C23H26NO5/c1-15(25)28-18(16-11-7-6-8-12-16)23(5)21(27)29-19(17-13-9-10-14-17)24(23)20(26)22(2,3)4/h6-14,18-19H,1-5H3/t18-,19+,23-/m1/s1. The first-order valence-electron chi connectivity index (χ1n) is 9.55. The van der Waals surface area contributed by atoms with E-state index in [-0.39, 0.29) is 5.91 Å². The lowest BCUT2D eigenvalue weighted by Gasteiger charge is -2.42. The van der Waals surface area contributed by atoms with Crippen LogP contribution in [-0.2, 0) is 23.9 Å². The number of rotatable bonds is 4. The van der Waals surface area contributed by atoms with Crippen LogP contribution >= 0.6 is 0 Å². The molecule has 1 saturated carbocycles. The van der Waals surface area contributed by atoms with Crippen molar-refractivity contribution in [3.63, 3.8) is 0 Å². The minimum absolute atomic E-state index is 0.273. The molecule has 1 saturated heterocycles. The summed E-state index contributed by atoms with van der Waals surface area (Å²) in [4.78, 5) is 40.1. The number of hydrogen-bond donors (Lipinski definition) is 0. The molecule has 0 unspecified atom stereocenters. The Kier molecular flexibility index (Phi) is 5.74. The van der Waals surface area contributed by atoms with Gasteiger partial charge in [-0.15, -0.1) is 0 Å². The molecule has 1 aromatic carbocycles. The van der Waals surface area contributed by atoms with Crippen LogP contribution in [-0.4, -0.2) is 34.5 Å². The molecule has 153 valence electrons. The van der Waals surface area contributed by atoms with Gasteiger partial charge in [-0.1, -0.05) is 51.1 Å². The van der Waals surface area contributed by atoms with E-state index in [4.69, 9.17) is 9.47 Å². The number of carbonyl (C=O) groups excluding carboxylic acids is 3. The first-order valence-corrected chi connectivity index (χ1v) is 9.55. The summed E-state index contributed by atoms with van der Waals surface area (Å²) in [5.74, 6) is -0.747. The van der Waals surface area contributed by atoms with Gasteiger partial charge in [-0.3, -0.25) is 14.5 Å². The molecule has 3 rings (SSSR count). The average molecular weight is 396 g/mol. The van der Waals surface area contributed by atoms with Gasteiger partial charge in [-0.2, -0.15) is 0 Å². The smallest absolute Gasteiger partial charge is 0.338 e. The zero-order valence-electron chi connectivity index (χ0n) is 17.3. The summed E-state index contributed by atoms with van der Waals surface area (Å²) in [6.07, 6.45) is 5.33. The molecule has 5 radical (unpaired) electrons. The van der Waals surface area contributed by atoms with Crippen molar-refractivity contribution in [3.05, 3.63) is 67.5 Å². The highest BCUT2D eigenvalue weighted by Gasteiger charge is 2.63. The molecule has 1 aliphatic heterocycles. The minimum Gasteiger partial charge on any atom is -0.454 e. The van der Waals surface area contributed by atoms with Gasteiger partial charge in [0.2, 0.25) is 5.91 Å². The van der Waals surface area contributed by atoms with Gasteiger partial charge in [0.25, 0.3) is 0 Å². The lowest BCUT2D eigenvalue weighted by atomic mass is 9.84. The van der Waals surface area contributed by atoms with Crippen LogP contribution in [0.25, 0.3) is 0 Å². The zero-order chi connectivity index (χ0) is 21.4. The third-order valence-electron chi connectivity index (χ3n) is 5.10. The van der Waals surface area contributed by atoms with Crippen molar-refractivity contribution >= 4 is 17.8 Å². The normalized spacial score (nSPS) is 26.3. The van der Waals surface area contributed by atoms with E-state index in [9.17, 15) is 14.4 Å². The summed E-state index contributed by atoms with van der Waals surface area (Å²) in [5.41, 5.74) is -1.70. The van der Waals surface area contributed by atoms with E-state index in [2.05, 4.69) is 0 Å². The van der Waals surface area contributed by atoms with Crippen LogP contribution in [0.4, 0.5) is 0 Å². The number of esters is 2. The van der Waals surface area contributed by atoms with Crippen molar-refractivity contribution in [2.45, 2.75) is 52.5 Å². The molecule has 2 fully saturated rings. The van der Waals surface area contributed by atoms with Gasteiger partial charge >= 0.3 is 11.9 Å². The molecule has 0 bridgehead atoms. The Hall–Kier alpha value is -2.37. The Morgan fingerprint density at radius 3 is 2.24 bits per heavy atom. The monoisotopic (exact) mass is 396 g/mol. The Morgan fingerprint density at radius 1 is 1.14 bits per heavy atom. The van der Waals surface area contributed by atoms with Crippen molar-refractivity contribution < 1.29 is 23.9 Å². The lowest BCUT2D eigenvalue weighted by molar-refractivity contribution is -0.166. The van der Waals surface area contributed by atoms with Crippen LogP contribution < -0.4 is 0 Å². The Bertz CT molecular complexity index is 778. The predicted octanol–water partition coefficient (Wildman–Crippen LogP) is 3.21. The molecule has 0 spiro atoms. The van der Waals surface area contributed by atoms with Crippen LogP contribution in [0.2, 0.25) is 0 Å². The highest BCUT2D eigenvalue weighted by molar-refractivity contribution is 5.94. The van der Waals surface area contributed by atoms with Crippen molar-refractivity contribution in [1.29, 1.82) is 0 Å². The van der Waals surface area contributed by atoms with Crippen LogP contribution in [0, 0.1) is 37.0 Å². The third-order valence-corrected chi connectivity index (χ3v) is 5.10. The summed E-state index contributed by atoms with van der Waals surface area (Å²) in [5, 5.41) is 0. The Balaban J connectivity index is 2.13. The van der Waals surface area contributed by atoms with Gasteiger partial charge in [0.1, 0.15) is 0 Å². The molecule has 1 aliphatic carbocycles. The molecule has 0 aromatic heterocycles. The van der Waals surface area contributed by atoms with Crippen molar-refractivity contribution in [3.8, 4) is 0 Å². The number of cyclic esters (lactones) is 1. The second kappa shape index (κ2) is 7.81. The highest BCUT2D eigenvalue weighted by atomic mass is 16.6. The molecule has 6 heteroatoms. The number of hydrogen-bond acceptors (Lipinski definition) is 5. The molecule has 3 atom stereocenters. The predicted molar refractivity (Wildman–Crippen MR) is 106 cm³/mol. The number of amides is 1. The number of ether oxygens (including phenoxy) is 2. The van der Waals surface area contributed by atoms with Crippen LogP contribution in [0.3, 0.4) is 0 Å². The van der Waals surface area contributed by atoms with Crippen molar-refractivity contribution in [2.75, 3.05) is 0 Å². The summed E-state index contributed by atoms with van der Waals surface area (Å²) in [6.45, 7) is 8.23. The van der Waals surface area contributed by atoms with Gasteiger partial charge in [-0.05, 0) is 38.2 Å². The Labute approximate surface area is 172 Å². The lowest BCUT2D eigenvalue weighted by Crippen LogP contribution is -2.59. The van der Waals surface area contributed by atoms with E-state index in [0.717, 1.165) is 0 Å². The number of nitrogens with zero attached hydrogens (tertiary/aromatic N) is 1. The highest BCUT2D eigenvalue weighted by Crippen LogP contribution is 2.47. The number of benzene rings is 1. The molecular weight excluding hydrogens is 370 g/mol. The second-order valence-corrected chi connectivity index (χ2v) is 8.45. The van der Waals surface area contributed by atoms with E-state index >= 15 is 0 Å². The maximum atomic E-state index is 13.5. The summed E-state index contributed by atoms with van der Waals surface area (Å²) >= 11 is 0. The molecule has 0 N–H and O–H groups in total. The zero-order valence-corrected chi connectivity index (χ0v) is 17.3. The van der Waals surface area contributed by atoms with Gasteiger partial charge in [0.05, 0.1) is 0 Å². The fourth-order valence-corrected chi connectivity index (χ4v) is 3.60. The topological polar surface area (TPSA) is 72.9 Å². The van der Waals surface area contributed by atoms with E-state index in [0.29, 0.717) is 11.5 Å². The van der Waals surface area contributed by atoms with Gasteiger partial charge in [0, 0.05) is 18.3 Å². The molecule has 2 aliphatic rings. The summed E-state index contributed by atoms with van der Waals surface area (Å²) in [6, 6.07) is 8.94. The fourth-order valence-electron chi connectivity index (χ4n) is 3.60. The van der Waals surface area contributed by atoms with Gasteiger partial charge < -0.3 is 9.47 Å². The summed E-state index contributed by atoms with van der Waals surface area (Å²) in [7, 11) is 0. The Morgan fingerprint density at radius 2 is 1.72 bits per heavy atom. The fraction of sp³-hybridized carbons (Fsp3) is 0.391. The third kappa shape index (κ3) is 3.89. The maximum absolute atomic E-state index is 13.5. The SMILES string of the molecule is CC(=O)O[C@H](c1ccccc1)[C@]1(C)C(=O)O[C@@H]([C]2[CH][CH][CH][CH]2)N1C(=O)C(C)(C)C. The van der Waals surface area contributed by atoms with Crippen LogP contribution in [0.5, 0.6) is 0 Å². The molecule has 29 heavy (non-hydrogen) atoms. The molecule has 1 heterocycles. The average Bonchev–Trinajstić information content (AvgIpc) is 3.27. The van der Waals surface area contributed by atoms with Crippen molar-refractivity contribution in [1.82, 2.24) is 4.90 Å². The quantitative estimate of drug-likeness (QED) is 0.731. The number of carbonyl (C=O) groups is 3. The first kappa shape index (κ1) is 21.3. The minimum atomic E-state index is -1.53. The van der Waals surface area contributed by atoms with E-state index in [1.54, 1.807) is 64.8 Å². The molecule has 6 nitrogen and oxygen atoms in total. The molecular formula is C23H26NO5. The van der Waals surface area contributed by atoms with Crippen LogP contribution in [0.1, 0.15) is 46.3 Å². The van der Waals surface area contributed by atoms with Gasteiger partial charge in [0.15, 0.2) is 17.9 Å².